The molecular formula is C10H11N5O3. The molecule has 1 amide bonds. The van der Waals surface area contributed by atoms with Crippen molar-refractivity contribution in [2.24, 2.45) is 0 Å². The van der Waals surface area contributed by atoms with Gasteiger partial charge in [-0.25, -0.2) is 9.78 Å². The van der Waals surface area contributed by atoms with Gasteiger partial charge < -0.3 is 15.3 Å². The Morgan fingerprint density at radius 1 is 1.33 bits per heavy atom. The van der Waals surface area contributed by atoms with Crippen molar-refractivity contribution in [2.75, 3.05) is 0 Å². The first-order valence-corrected chi connectivity index (χ1v) is 5.21. The summed E-state index contributed by atoms with van der Waals surface area (Å²) in [6, 6.07) is 1.17. The van der Waals surface area contributed by atoms with E-state index in [0.29, 0.717) is 5.82 Å². The molecule has 8 heteroatoms. The molecule has 8 nitrogen and oxygen atoms in total. The van der Waals surface area contributed by atoms with Crippen LogP contribution in [0.5, 0.6) is 0 Å². The fourth-order valence-corrected chi connectivity index (χ4v) is 1.43. The van der Waals surface area contributed by atoms with Crippen LogP contribution in [0.1, 0.15) is 11.5 Å². The van der Waals surface area contributed by atoms with E-state index in [1.807, 2.05) is 4.98 Å². The predicted molar refractivity (Wildman–Crippen MR) is 61.8 cm³/mol. The summed E-state index contributed by atoms with van der Waals surface area (Å²) in [6.45, 7) is 0.263. The molecule has 2 aromatic rings. The number of amides is 1. The average Bonchev–Trinajstić information content (AvgIpc) is 2.77. The van der Waals surface area contributed by atoms with E-state index >= 15 is 0 Å². The first-order chi connectivity index (χ1) is 8.63. The maximum Gasteiger partial charge on any atom is 0.325 e. The first-order valence-electron chi connectivity index (χ1n) is 5.21. The number of hydrogen-bond acceptors (Lipinski definition) is 4. The van der Waals surface area contributed by atoms with Crippen molar-refractivity contribution < 1.29 is 4.79 Å². The Bertz CT molecular complexity index is 612. The van der Waals surface area contributed by atoms with Crippen LogP contribution in [-0.4, -0.2) is 25.8 Å². The van der Waals surface area contributed by atoms with Gasteiger partial charge in [-0.3, -0.25) is 14.6 Å². The number of hydrogen-bond donors (Lipinski definition) is 4. The summed E-state index contributed by atoms with van der Waals surface area (Å²) < 4.78 is 0. The van der Waals surface area contributed by atoms with Crippen molar-refractivity contribution in [1.82, 2.24) is 25.3 Å². The SMILES string of the molecule is O=C(Cc1cc(=O)[nH]c(=O)[nH]1)NCc1ncc[nH]1. The summed E-state index contributed by atoms with van der Waals surface area (Å²) >= 11 is 0. The number of nitrogens with zero attached hydrogens (tertiary/aromatic N) is 1. The molecule has 0 aromatic carbocycles. The molecule has 0 aliphatic heterocycles. The lowest BCUT2D eigenvalue weighted by Crippen LogP contribution is -2.29. The van der Waals surface area contributed by atoms with Gasteiger partial charge in [0.05, 0.1) is 13.0 Å². The molecule has 0 fully saturated rings. The number of nitrogens with one attached hydrogen (secondary N) is 4. The van der Waals surface area contributed by atoms with E-state index in [2.05, 4.69) is 20.3 Å². The lowest BCUT2D eigenvalue weighted by atomic mass is 10.3. The summed E-state index contributed by atoms with van der Waals surface area (Å²) in [4.78, 5) is 44.7. The highest BCUT2D eigenvalue weighted by Gasteiger charge is 2.05. The first kappa shape index (κ1) is 11.8. The molecule has 0 saturated heterocycles. The predicted octanol–water partition coefficient (Wildman–Crippen LogP) is -1.35. The van der Waals surface area contributed by atoms with Gasteiger partial charge >= 0.3 is 5.69 Å². The van der Waals surface area contributed by atoms with E-state index in [0.717, 1.165) is 0 Å². The maximum absolute atomic E-state index is 11.5. The van der Waals surface area contributed by atoms with E-state index in [-0.39, 0.29) is 24.6 Å². The van der Waals surface area contributed by atoms with Crippen molar-refractivity contribution in [2.45, 2.75) is 13.0 Å². The van der Waals surface area contributed by atoms with Crippen LogP contribution in [0.3, 0.4) is 0 Å². The monoisotopic (exact) mass is 249 g/mol. The topological polar surface area (TPSA) is 124 Å². The van der Waals surface area contributed by atoms with Crippen LogP contribution in [-0.2, 0) is 17.8 Å². The van der Waals surface area contributed by atoms with Gasteiger partial charge in [0.15, 0.2) is 0 Å². The van der Waals surface area contributed by atoms with Crippen molar-refractivity contribution in [1.29, 1.82) is 0 Å². The fraction of sp³-hybridized carbons (Fsp3) is 0.200. The Morgan fingerprint density at radius 3 is 2.83 bits per heavy atom. The molecule has 2 rings (SSSR count). The Kier molecular flexibility index (Phi) is 3.37. The van der Waals surface area contributed by atoms with E-state index in [9.17, 15) is 14.4 Å². The molecule has 0 atom stereocenters. The van der Waals surface area contributed by atoms with Crippen LogP contribution in [0, 0.1) is 0 Å². The largest absolute Gasteiger partial charge is 0.349 e. The molecule has 0 saturated carbocycles. The lowest BCUT2D eigenvalue weighted by molar-refractivity contribution is -0.120. The van der Waals surface area contributed by atoms with E-state index in [4.69, 9.17) is 0 Å². The van der Waals surface area contributed by atoms with Crippen LogP contribution in [0.25, 0.3) is 0 Å². The second kappa shape index (κ2) is 5.13. The molecule has 2 aromatic heterocycles. The van der Waals surface area contributed by atoms with Gasteiger partial charge in [-0.05, 0) is 0 Å². The molecular weight excluding hydrogens is 238 g/mol. The van der Waals surface area contributed by atoms with Crippen LogP contribution >= 0.6 is 0 Å². The van der Waals surface area contributed by atoms with E-state index in [1.54, 1.807) is 12.4 Å². The van der Waals surface area contributed by atoms with Crippen LogP contribution in [0.15, 0.2) is 28.0 Å². The van der Waals surface area contributed by atoms with Crippen LogP contribution < -0.4 is 16.6 Å². The van der Waals surface area contributed by atoms with Gasteiger partial charge in [-0.15, -0.1) is 0 Å². The molecule has 0 radical (unpaired) electrons. The summed E-state index contributed by atoms with van der Waals surface area (Å²) in [6.07, 6.45) is 3.16. The number of aromatic nitrogens is 4. The highest BCUT2D eigenvalue weighted by atomic mass is 16.2. The van der Waals surface area contributed by atoms with E-state index in [1.165, 1.54) is 6.07 Å². The molecule has 2 heterocycles. The Morgan fingerprint density at radius 2 is 2.17 bits per heavy atom. The number of H-pyrrole nitrogens is 3. The van der Waals surface area contributed by atoms with Gasteiger partial charge in [0.2, 0.25) is 5.91 Å². The number of aromatic amines is 3. The zero-order chi connectivity index (χ0) is 13.0. The third-order valence-electron chi connectivity index (χ3n) is 2.18. The molecule has 94 valence electrons. The van der Waals surface area contributed by atoms with Crippen LogP contribution in [0.2, 0.25) is 0 Å². The zero-order valence-electron chi connectivity index (χ0n) is 9.32. The minimum atomic E-state index is -0.628. The number of imidazole rings is 1. The highest BCUT2D eigenvalue weighted by molar-refractivity contribution is 5.77. The molecule has 0 bridgehead atoms. The number of rotatable bonds is 4. The highest BCUT2D eigenvalue weighted by Crippen LogP contribution is 1.90. The molecule has 0 unspecified atom stereocenters. The quantitative estimate of drug-likeness (QED) is 0.534. The summed E-state index contributed by atoms with van der Waals surface area (Å²) in [7, 11) is 0. The van der Waals surface area contributed by atoms with Crippen LogP contribution in [0.4, 0.5) is 0 Å². The van der Waals surface area contributed by atoms with Crippen molar-refractivity contribution in [3.63, 3.8) is 0 Å². The summed E-state index contributed by atoms with van der Waals surface area (Å²) in [5.74, 6) is 0.315. The third kappa shape index (κ3) is 3.17. The minimum Gasteiger partial charge on any atom is -0.349 e. The Hall–Kier alpha value is -2.64. The minimum absolute atomic E-state index is 0.0696. The smallest absolute Gasteiger partial charge is 0.325 e. The fourth-order valence-electron chi connectivity index (χ4n) is 1.43. The van der Waals surface area contributed by atoms with Gasteiger partial charge in [0, 0.05) is 24.2 Å². The second-order valence-corrected chi connectivity index (χ2v) is 3.60. The lowest BCUT2D eigenvalue weighted by Gasteiger charge is -2.02. The van der Waals surface area contributed by atoms with Crippen molar-refractivity contribution in [3.05, 3.63) is 50.8 Å². The van der Waals surface area contributed by atoms with Crippen molar-refractivity contribution in [3.8, 4) is 0 Å². The van der Waals surface area contributed by atoms with Gasteiger partial charge in [0.1, 0.15) is 5.82 Å². The molecule has 18 heavy (non-hydrogen) atoms. The normalized spacial score (nSPS) is 10.2. The zero-order valence-corrected chi connectivity index (χ0v) is 9.32. The van der Waals surface area contributed by atoms with Gasteiger partial charge in [-0.2, -0.15) is 0 Å². The maximum atomic E-state index is 11.5. The average molecular weight is 249 g/mol. The third-order valence-corrected chi connectivity index (χ3v) is 2.18. The molecule has 0 spiro atoms. The Balaban J connectivity index is 1.94. The van der Waals surface area contributed by atoms with Crippen molar-refractivity contribution >= 4 is 5.91 Å². The number of carbonyl (C=O) groups is 1. The summed E-state index contributed by atoms with van der Waals surface area (Å²) in [5, 5.41) is 2.61. The van der Waals surface area contributed by atoms with Gasteiger partial charge in [-0.1, -0.05) is 0 Å². The van der Waals surface area contributed by atoms with E-state index < -0.39 is 11.2 Å². The Labute approximate surface area is 100 Å². The van der Waals surface area contributed by atoms with Gasteiger partial charge in [0.25, 0.3) is 5.56 Å². The molecule has 4 N–H and O–H groups in total. The number of carbonyl (C=O) groups excluding carboxylic acids is 1. The standard InChI is InChI=1S/C10H11N5O3/c16-8(13-5-7-11-1-2-12-7)3-6-4-9(17)15-10(18)14-6/h1-2,4H,3,5H2,(H,11,12)(H,13,16)(H2,14,15,17,18). The second-order valence-electron chi connectivity index (χ2n) is 3.60. The molecule has 0 aliphatic rings. The molecule has 0 aliphatic carbocycles. The summed E-state index contributed by atoms with van der Waals surface area (Å²) in [5.41, 5.74) is -0.899.